The fraction of sp³-hybridized carbons (Fsp3) is 0.381. The van der Waals surface area contributed by atoms with Crippen molar-refractivity contribution in [3.8, 4) is 11.5 Å². The molecule has 0 radical (unpaired) electrons. The third-order valence-electron chi connectivity index (χ3n) is 5.02. The highest BCUT2D eigenvalue weighted by Gasteiger charge is 2.39. The number of carbonyl (C=O) groups excluding carboxylic acids is 1. The lowest BCUT2D eigenvalue weighted by molar-refractivity contribution is -0.124. The molecule has 132 valence electrons. The van der Waals surface area contributed by atoms with Crippen molar-refractivity contribution in [2.45, 2.75) is 37.6 Å². The van der Waals surface area contributed by atoms with Crippen molar-refractivity contribution < 1.29 is 14.3 Å². The van der Waals surface area contributed by atoms with Crippen LogP contribution in [0.3, 0.4) is 0 Å². The average molecular weight is 339 g/mol. The zero-order valence-electron chi connectivity index (χ0n) is 14.9. The highest BCUT2D eigenvalue weighted by Crippen LogP contribution is 2.41. The number of rotatable bonds is 7. The summed E-state index contributed by atoms with van der Waals surface area (Å²) in [6.07, 6.45) is 4.21. The first-order valence-corrected chi connectivity index (χ1v) is 8.74. The van der Waals surface area contributed by atoms with Crippen LogP contribution in [0.5, 0.6) is 11.5 Å². The molecule has 1 aliphatic carbocycles. The highest BCUT2D eigenvalue weighted by atomic mass is 16.5. The molecule has 2 aromatic rings. The van der Waals surface area contributed by atoms with E-state index in [1.807, 2.05) is 36.4 Å². The molecular weight excluding hydrogens is 314 g/mol. The van der Waals surface area contributed by atoms with Crippen LogP contribution in [0.2, 0.25) is 0 Å². The van der Waals surface area contributed by atoms with Gasteiger partial charge in [0.2, 0.25) is 5.91 Å². The standard InChI is InChI=1S/C21H25NO3/c1-24-18-10-11-19(25-2)16(15-18)9-12-20(23)22-21(13-6-14-21)17-7-4-3-5-8-17/h3-5,7-8,10-11,15H,6,9,12-14H2,1-2H3,(H,22,23). The van der Waals surface area contributed by atoms with Crippen molar-refractivity contribution in [1.29, 1.82) is 0 Å². The Morgan fingerprint density at radius 3 is 2.44 bits per heavy atom. The number of hydrogen-bond acceptors (Lipinski definition) is 3. The van der Waals surface area contributed by atoms with Gasteiger partial charge in [-0.05, 0) is 55.0 Å². The van der Waals surface area contributed by atoms with Crippen molar-refractivity contribution >= 4 is 5.91 Å². The molecule has 0 aliphatic heterocycles. The molecule has 25 heavy (non-hydrogen) atoms. The molecule has 1 amide bonds. The number of carbonyl (C=O) groups is 1. The molecule has 0 bridgehead atoms. The van der Waals surface area contributed by atoms with E-state index < -0.39 is 0 Å². The van der Waals surface area contributed by atoms with Gasteiger partial charge in [-0.3, -0.25) is 4.79 Å². The van der Waals surface area contributed by atoms with Gasteiger partial charge >= 0.3 is 0 Å². The van der Waals surface area contributed by atoms with E-state index in [1.165, 1.54) is 5.56 Å². The van der Waals surface area contributed by atoms with Crippen molar-refractivity contribution in [3.63, 3.8) is 0 Å². The maximum absolute atomic E-state index is 12.6. The second kappa shape index (κ2) is 7.60. The van der Waals surface area contributed by atoms with E-state index in [9.17, 15) is 4.79 Å². The summed E-state index contributed by atoms with van der Waals surface area (Å²) in [6, 6.07) is 15.9. The molecule has 0 spiro atoms. The third kappa shape index (κ3) is 3.78. The van der Waals surface area contributed by atoms with Gasteiger partial charge in [-0.15, -0.1) is 0 Å². The molecule has 1 fully saturated rings. The summed E-state index contributed by atoms with van der Waals surface area (Å²) in [5.74, 6) is 1.64. The van der Waals surface area contributed by atoms with E-state index in [2.05, 4.69) is 17.4 Å². The minimum Gasteiger partial charge on any atom is -0.497 e. The minimum atomic E-state index is -0.184. The normalized spacial score (nSPS) is 15.1. The fourth-order valence-electron chi connectivity index (χ4n) is 3.43. The van der Waals surface area contributed by atoms with E-state index in [0.717, 1.165) is 36.3 Å². The molecule has 0 heterocycles. The van der Waals surface area contributed by atoms with Gasteiger partial charge in [0.05, 0.1) is 19.8 Å². The van der Waals surface area contributed by atoms with Crippen LogP contribution in [0.1, 0.15) is 36.8 Å². The molecular formula is C21H25NO3. The first-order chi connectivity index (χ1) is 12.2. The van der Waals surface area contributed by atoms with Gasteiger partial charge in [-0.1, -0.05) is 30.3 Å². The Morgan fingerprint density at radius 2 is 1.84 bits per heavy atom. The lowest BCUT2D eigenvalue weighted by atomic mass is 9.71. The monoisotopic (exact) mass is 339 g/mol. The second-order valence-corrected chi connectivity index (χ2v) is 6.53. The topological polar surface area (TPSA) is 47.6 Å². The number of ether oxygens (including phenoxy) is 2. The number of methoxy groups -OCH3 is 2. The van der Waals surface area contributed by atoms with Crippen LogP contribution in [-0.4, -0.2) is 20.1 Å². The quantitative estimate of drug-likeness (QED) is 0.834. The first kappa shape index (κ1) is 17.3. The Bertz CT molecular complexity index is 723. The van der Waals surface area contributed by atoms with Gasteiger partial charge in [0, 0.05) is 6.42 Å². The zero-order valence-corrected chi connectivity index (χ0v) is 14.9. The predicted octanol–water partition coefficient (Wildman–Crippen LogP) is 3.83. The number of benzene rings is 2. The largest absolute Gasteiger partial charge is 0.497 e. The number of amides is 1. The SMILES string of the molecule is COc1ccc(OC)c(CCC(=O)NC2(c3ccccc3)CCC2)c1. The van der Waals surface area contributed by atoms with E-state index in [-0.39, 0.29) is 11.4 Å². The van der Waals surface area contributed by atoms with Gasteiger partial charge in [0.25, 0.3) is 0 Å². The Hall–Kier alpha value is -2.49. The molecule has 0 saturated heterocycles. The van der Waals surface area contributed by atoms with Crippen LogP contribution in [0, 0.1) is 0 Å². The molecule has 3 rings (SSSR count). The minimum absolute atomic E-state index is 0.0772. The zero-order chi connectivity index (χ0) is 17.7. The smallest absolute Gasteiger partial charge is 0.221 e. The predicted molar refractivity (Wildman–Crippen MR) is 98.0 cm³/mol. The van der Waals surface area contributed by atoms with Crippen LogP contribution in [0.15, 0.2) is 48.5 Å². The van der Waals surface area contributed by atoms with Gasteiger partial charge in [0.1, 0.15) is 11.5 Å². The molecule has 1 aliphatic rings. The lowest BCUT2D eigenvalue weighted by Gasteiger charge is -2.43. The Balaban J connectivity index is 1.65. The van der Waals surface area contributed by atoms with E-state index in [1.54, 1.807) is 14.2 Å². The summed E-state index contributed by atoms with van der Waals surface area (Å²) >= 11 is 0. The number of hydrogen-bond donors (Lipinski definition) is 1. The molecule has 1 N–H and O–H groups in total. The van der Waals surface area contributed by atoms with Crippen LogP contribution in [-0.2, 0) is 16.8 Å². The fourth-order valence-corrected chi connectivity index (χ4v) is 3.43. The summed E-state index contributed by atoms with van der Waals surface area (Å²) in [5, 5.41) is 3.27. The summed E-state index contributed by atoms with van der Waals surface area (Å²) < 4.78 is 10.7. The molecule has 4 heteroatoms. The van der Waals surface area contributed by atoms with Crippen molar-refractivity contribution in [2.24, 2.45) is 0 Å². The Labute approximate surface area is 149 Å². The maximum Gasteiger partial charge on any atom is 0.221 e. The van der Waals surface area contributed by atoms with E-state index in [0.29, 0.717) is 12.8 Å². The summed E-state index contributed by atoms with van der Waals surface area (Å²) in [7, 11) is 3.28. The Morgan fingerprint density at radius 1 is 1.08 bits per heavy atom. The molecule has 0 unspecified atom stereocenters. The van der Waals surface area contributed by atoms with Crippen LogP contribution in [0.25, 0.3) is 0 Å². The molecule has 1 saturated carbocycles. The van der Waals surface area contributed by atoms with Gasteiger partial charge in [0.15, 0.2) is 0 Å². The summed E-state index contributed by atoms with van der Waals surface area (Å²) in [4.78, 5) is 12.6. The van der Waals surface area contributed by atoms with Crippen LogP contribution in [0.4, 0.5) is 0 Å². The molecule has 2 aromatic carbocycles. The summed E-state index contributed by atoms with van der Waals surface area (Å²) in [6.45, 7) is 0. The van der Waals surface area contributed by atoms with E-state index >= 15 is 0 Å². The third-order valence-corrected chi connectivity index (χ3v) is 5.02. The molecule has 0 aromatic heterocycles. The van der Waals surface area contributed by atoms with Crippen LogP contribution < -0.4 is 14.8 Å². The van der Waals surface area contributed by atoms with Crippen molar-refractivity contribution in [2.75, 3.05) is 14.2 Å². The van der Waals surface area contributed by atoms with Crippen molar-refractivity contribution in [1.82, 2.24) is 5.32 Å². The van der Waals surface area contributed by atoms with Gasteiger partial charge < -0.3 is 14.8 Å². The number of nitrogens with one attached hydrogen (secondary N) is 1. The molecule has 4 nitrogen and oxygen atoms in total. The summed E-state index contributed by atoms with van der Waals surface area (Å²) in [5.41, 5.74) is 2.00. The average Bonchev–Trinajstić information content (AvgIpc) is 2.63. The van der Waals surface area contributed by atoms with E-state index in [4.69, 9.17) is 9.47 Å². The van der Waals surface area contributed by atoms with Crippen LogP contribution >= 0.6 is 0 Å². The Kier molecular flexibility index (Phi) is 5.27. The van der Waals surface area contributed by atoms with Gasteiger partial charge in [-0.2, -0.15) is 0 Å². The molecule has 0 atom stereocenters. The van der Waals surface area contributed by atoms with Gasteiger partial charge in [-0.25, -0.2) is 0 Å². The second-order valence-electron chi connectivity index (χ2n) is 6.53. The lowest BCUT2D eigenvalue weighted by Crippen LogP contribution is -2.50. The first-order valence-electron chi connectivity index (χ1n) is 8.74. The maximum atomic E-state index is 12.6. The van der Waals surface area contributed by atoms with Crippen molar-refractivity contribution in [3.05, 3.63) is 59.7 Å². The highest BCUT2D eigenvalue weighted by molar-refractivity contribution is 5.77. The number of aryl methyl sites for hydroxylation is 1.